The van der Waals surface area contributed by atoms with Crippen molar-refractivity contribution in [2.45, 2.75) is 70.4 Å². The van der Waals surface area contributed by atoms with Gasteiger partial charge in [0.15, 0.2) is 6.10 Å². The monoisotopic (exact) mass is 632 g/mol. The number of allylic oxidation sites excluding steroid dienone is 7. The molecule has 0 saturated carbocycles. The van der Waals surface area contributed by atoms with Crippen LogP contribution in [0.5, 0.6) is 0 Å². The van der Waals surface area contributed by atoms with E-state index in [1.54, 1.807) is 42.5 Å². The lowest BCUT2D eigenvalue weighted by Gasteiger charge is -2.24. The number of hydrogen-bond donors (Lipinski definition) is 4. The van der Waals surface area contributed by atoms with Gasteiger partial charge >= 0.3 is 19.8 Å². The fourth-order valence-corrected chi connectivity index (χ4v) is 3.82. The van der Waals surface area contributed by atoms with Gasteiger partial charge in [-0.05, 0) is 25.7 Å². The molecule has 4 N–H and O–H groups in total. The number of quaternary nitrogens is 1. The molecule has 0 aliphatic heterocycles. The van der Waals surface area contributed by atoms with Crippen LogP contribution in [0.2, 0.25) is 0 Å². The number of ether oxygens (including phenoxy) is 2. The third-order valence-corrected chi connectivity index (χ3v) is 6.45. The number of carbonyl (C=O) groups is 2. The summed E-state index contributed by atoms with van der Waals surface area (Å²) in [5.74, 6) is -1.34. The summed E-state index contributed by atoms with van der Waals surface area (Å²) in [6.07, 6.45) is 14.9. The van der Waals surface area contributed by atoms with Gasteiger partial charge in [0.25, 0.3) is 0 Å². The molecule has 246 valence electrons. The van der Waals surface area contributed by atoms with E-state index in [1.165, 1.54) is 6.08 Å². The Balaban J connectivity index is 4.56. The van der Waals surface area contributed by atoms with Crippen LogP contribution in [0.3, 0.4) is 0 Å². The number of rotatable bonds is 23. The molecule has 0 aliphatic carbocycles. The smallest absolute Gasteiger partial charge is 0.462 e. The van der Waals surface area contributed by atoms with Crippen molar-refractivity contribution >= 4 is 19.8 Å². The lowest BCUT2D eigenvalue weighted by molar-refractivity contribution is -0.870. The number of hydrogen-bond acceptors (Lipinski definition) is 10. The van der Waals surface area contributed by atoms with Crippen LogP contribution in [-0.2, 0) is 32.7 Å². The Labute approximate surface area is 255 Å². The first-order chi connectivity index (χ1) is 20.1. The average Bonchev–Trinajstić information content (AvgIpc) is 2.90. The predicted octanol–water partition coefficient (Wildman–Crippen LogP) is 3.14. The zero-order valence-electron chi connectivity index (χ0n) is 26.0. The maximum atomic E-state index is 12.3. The second kappa shape index (κ2) is 23.0. The largest absolute Gasteiger partial charge is 0.472 e. The minimum atomic E-state index is -4.43. The van der Waals surface area contributed by atoms with Crippen molar-refractivity contribution in [2.24, 2.45) is 0 Å². The third kappa shape index (κ3) is 25.8. The van der Waals surface area contributed by atoms with Gasteiger partial charge in [0.1, 0.15) is 19.8 Å². The molecule has 5 atom stereocenters. The SMILES string of the molecule is CC/C=C\C[C@H](O)/C=C/C=C/C=C\C=C/[C@@H](O)[C@H](O)CCCC(=O)O[C@H](COC(C)=O)COP(=O)(O)OCC[N+](C)(C)C. The van der Waals surface area contributed by atoms with E-state index in [2.05, 4.69) is 0 Å². The molecule has 0 aromatic carbocycles. The maximum Gasteiger partial charge on any atom is 0.472 e. The second-order valence-electron chi connectivity index (χ2n) is 10.7. The van der Waals surface area contributed by atoms with Crippen LogP contribution < -0.4 is 0 Å². The molecule has 1 unspecified atom stereocenters. The van der Waals surface area contributed by atoms with Crippen LogP contribution in [0.4, 0.5) is 0 Å². The number of likely N-dealkylation sites (N-methyl/N-ethyl adjacent to an activating group) is 1. The minimum Gasteiger partial charge on any atom is -0.462 e. The van der Waals surface area contributed by atoms with Gasteiger partial charge in [0, 0.05) is 13.3 Å². The first-order valence-corrected chi connectivity index (χ1v) is 15.8. The van der Waals surface area contributed by atoms with Crippen LogP contribution in [0.25, 0.3) is 0 Å². The fourth-order valence-electron chi connectivity index (χ4n) is 3.08. The van der Waals surface area contributed by atoms with Crippen molar-refractivity contribution in [3.63, 3.8) is 0 Å². The molecule has 0 radical (unpaired) electrons. The van der Waals surface area contributed by atoms with Gasteiger partial charge in [0.05, 0.1) is 46.1 Å². The predicted molar refractivity (Wildman–Crippen MR) is 164 cm³/mol. The molecule has 13 heteroatoms. The quantitative estimate of drug-likeness (QED) is 0.0429. The van der Waals surface area contributed by atoms with Gasteiger partial charge < -0.3 is 34.2 Å². The number of phosphoric acid groups is 1. The highest BCUT2D eigenvalue weighted by atomic mass is 31.2. The molecule has 0 aromatic heterocycles. The van der Waals surface area contributed by atoms with Crippen LogP contribution in [0.1, 0.15) is 46.0 Å². The van der Waals surface area contributed by atoms with Crippen molar-refractivity contribution in [1.29, 1.82) is 0 Å². The molecule has 0 rings (SSSR count). The molecule has 0 aliphatic rings. The fraction of sp³-hybridized carbons (Fsp3) is 0.600. The molecule has 12 nitrogen and oxygen atoms in total. The zero-order valence-corrected chi connectivity index (χ0v) is 26.9. The number of esters is 2. The van der Waals surface area contributed by atoms with E-state index in [4.69, 9.17) is 18.5 Å². The summed E-state index contributed by atoms with van der Waals surface area (Å²) in [4.78, 5) is 33.4. The zero-order chi connectivity index (χ0) is 32.7. The Morgan fingerprint density at radius 3 is 2.14 bits per heavy atom. The Morgan fingerprint density at radius 1 is 0.907 bits per heavy atom. The van der Waals surface area contributed by atoms with E-state index in [-0.39, 0.29) is 32.5 Å². The van der Waals surface area contributed by atoms with Gasteiger partial charge in [-0.2, -0.15) is 0 Å². The highest BCUT2D eigenvalue weighted by Crippen LogP contribution is 2.43. The highest BCUT2D eigenvalue weighted by Gasteiger charge is 2.27. The Morgan fingerprint density at radius 2 is 1.53 bits per heavy atom. The molecular formula is C30H51NO11P+. The number of aliphatic hydroxyl groups is 3. The van der Waals surface area contributed by atoms with Gasteiger partial charge in [-0.3, -0.25) is 18.6 Å². The number of phosphoric ester groups is 1. The van der Waals surface area contributed by atoms with Crippen molar-refractivity contribution in [3.05, 3.63) is 60.8 Å². The minimum absolute atomic E-state index is 0.0383. The van der Waals surface area contributed by atoms with E-state index < -0.39 is 50.8 Å². The standard InChI is InChI=1S/C30H50NO11P/c1-6-7-12-16-26(33)17-13-10-8-9-11-14-18-28(34)29(35)19-15-20-30(36)42-27(23-39-25(2)32)24-41-43(37,38)40-22-21-31(3,4)5/h7-14,17-18,26-29,33-35H,6,15-16,19-24H2,1-5H3/p+1/b10-8+,11-9-,12-7-,17-13+,18-14-/t26-,27+,28+,29+/m0/s1. The van der Waals surface area contributed by atoms with E-state index >= 15 is 0 Å². The topological polar surface area (TPSA) is 169 Å². The lowest BCUT2D eigenvalue weighted by Crippen LogP contribution is -2.37. The van der Waals surface area contributed by atoms with Crippen LogP contribution >= 0.6 is 7.82 Å². The first kappa shape index (κ1) is 40.6. The molecule has 0 amide bonds. The molecule has 0 bridgehead atoms. The summed E-state index contributed by atoms with van der Waals surface area (Å²) in [5, 5.41) is 30.1. The molecule has 0 heterocycles. The number of aliphatic hydroxyl groups excluding tert-OH is 3. The molecule has 0 aromatic rings. The van der Waals surface area contributed by atoms with Crippen LogP contribution in [-0.4, -0.2) is 109 Å². The van der Waals surface area contributed by atoms with Crippen LogP contribution in [0.15, 0.2) is 60.8 Å². The Bertz CT molecular complexity index is 985. The first-order valence-electron chi connectivity index (χ1n) is 14.3. The summed E-state index contributed by atoms with van der Waals surface area (Å²) in [6, 6.07) is 0. The molecular weight excluding hydrogens is 581 g/mol. The van der Waals surface area contributed by atoms with Crippen molar-refractivity contribution in [1.82, 2.24) is 0 Å². The molecule has 0 saturated heterocycles. The van der Waals surface area contributed by atoms with E-state index in [0.717, 1.165) is 13.3 Å². The van der Waals surface area contributed by atoms with Gasteiger partial charge in [-0.25, -0.2) is 4.57 Å². The summed E-state index contributed by atoms with van der Waals surface area (Å²) < 4.78 is 32.6. The Kier molecular flexibility index (Phi) is 21.7. The van der Waals surface area contributed by atoms with E-state index in [0.29, 0.717) is 17.4 Å². The third-order valence-electron chi connectivity index (χ3n) is 5.46. The number of nitrogens with zero attached hydrogens (tertiary/aromatic N) is 1. The maximum absolute atomic E-state index is 12.3. The molecule has 0 spiro atoms. The number of carbonyl (C=O) groups excluding carboxylic acids is 2. The summed E-state index contributed by atoms with van der Waals surface area (Å²) in [6.45, 7) is 2.68. The summed E-state index contributed by atoms with van der Waals surface area (Å²) >= 11 is 0. The normalized spacial score (nSPS) is 17.1. The molecule has 0 fully saturated rings. The van der Waals surface area contributed by atoms with Crippen LogP contribution in [0, 0.1) is 0 Å². The van der Waals surface area contributed by atoms with Gasteiger partial charge in [-0.15, -0.1) is 0 Å². The lowest BCUT2D eigenvalue weighted by atomic mass is 10.1. The Hall–Kier alpha value is -2.41. The van der Waals surface area contributed by atoms with E-state index in [1.807, 2.05) is 40.2 Å². The summed E-state index contributed by atoms with van der Waals surface area (Å²) in [5.41, 5.74) is 0. The average molecular weight is 633 g/mol. The molecule has 43 heavy (non-hydrogen) atoms. The van der Waals surface area contributed by atoms with Crippen molar-refractivity contribution in [3.8, 4) is 0 Å². The van der Waals surface area contributed by atoms with Crippen molar-refractivity contribution < 1.29 is 57.4 Å². The second-order valence-corrected chi connectivity index (χ2v) is 12.2. The van der Waals surface area contributed by atoms with Gasteiger partial charge in [0.2, 0.25) is 0 Å². The highest BCUT2D eigenvalue weighted by molar-refractivity contribution is 7.47. The van der Waals surface area contributed by atoms with E-state index in [9.17, 15) is 34.4 Å². The summed E-state index contributed by atoms with van der Waals surface area (Å²) in [7, 11) is 1.23. The van der Waals surface area contributed by atoms with Gasteiger partial charge in [-0.1, -0.05) is 67.7 Å². The van der Waals surface area contributed by atoms with Crippen molar-refractivity contribution in [2.75, 3.05) is 47.5 Å².